The van der Waals surface area contributed by atoms with Crippen molar-refractivity contribution in [1.82, 2.24) is 10.2 Å². The average molecular weight is 430 g/mol. The third-order valence-electron chi connectivity index (χ3n) is 6.80. The number of methoxy groups -OCH3 is 2. The fourth-order valence-electron chi connectivity index (χ4n) is 4.59. The quantitative estimate of drug-likeness (QED) is 0.594. The zero-order valence-electron chi connectivity index (χ0n) is 18.4. The van der Waals surface area contributed by atoms with Crippen molar-refractivity contribution in [3.05, 3.63) is 77.0 Å². The number of nitrogens with one attached hydrogen (secondary N) is 2. The lowest BCUT2D eigenvalue weighted by molar-refractivity contribution is -0.122. The second-order valence-corrected chi connectivity index (χ2v) is 8.52. The normalized spacial score (nSPS) is 16.7. The Morgan fingerprint density at radius 2 is 1.59 bits per heavy atom. The van der Waals surface area contributed by atoms with Gasteiger partial charge in [0.2, 0.25) is 5.91 Å². The van der Waals surface area contributed by atoms with Crippen LogP contribution < -0.4 is 14.8 Å². The number of amides is 1. The van der Waals surface area contributed by atoms with Crippen LogP contribution in [0.15, 0.2) is 54.6 Å². The monoisotopic (exact) mass is 429 g/mol. The topological polar surface area (TPSA) is 76.2 Å². The van der Waals surface area contributed by atoms with E-state index >= 15 is 0 Å². The Hall–Kier alpha value is -3.54. The van der Waals surface area contributed by atoms with Gasteiger partial charge in [-0.3, -0.25) is 9.89 Å². The fraction of sp³-hybridized carbons (Fsp3) is 0.308. The zero-order chi connectivity index (χ0) is 22.1. The smallest absolute Gasteiger partial charge is 0.228 e. The van der Waals surface area contributed by atoms with Crippen LogP contribution in [0.25, 0.3) is 6.08 Å². The number of H-pyrrole nitrogens is 1. The highest BCUT2D eigenvalue weighted by Crippen LogP contribution is 2.43. The first kappa shape index (κ1) is 20.4. The molecule has 2 aliphatic rings. The van der Waals surface area contributed by atoms with Gasteiger partial charge in [-0.15, -0.1) is 0 Å². The maximum absolute atomic E-state index is 12.5. The van der Waals surface area contributed by atoms with Crippen LogP contribution >= 0.6 is 0 Å². The molecule has 1 amide bonds. The summed E-state index contributed by atoms with van der Waals surface area (Å²) in [6, 6.07) is 16.4. The summed E-state index contributed by atoms with van der Waals surface area (Å²) in [6.45, 7) is 0. The predicted molar refractivity (Wildman–Crippen MR) is 124 cm³/mol. The highest BCUT2D eigenvalue weighted by Gasteiger charge is 2.37. The van der Waals surface area contributed by atoms with Crippen LogP contribution in [0.2, 0.25) is 0 Å². The van der Waals surface area contributed by atoms with Crippen LogP contribution in [0.4, 0.5) is 5.82 Å². The number of nitrogens with zero attached hydrogens (tertiary/aromatic N) is 1. The van der Waals surface area contributed by atoms with Gasteiger partial charge in [0.1, 0.15) is 11.5 Å². The average Bonchev–Trinajstić information content (AvgIpc) is 3.19. The predicted octanol–water partition coefficient (Wildman–Crippen LogP) is 4.72. The summed E-state index contributed by atoms with van der Waals surface area (Å²) in [5.41, 5.74) is 3.88. The Bertz CT molecular complexity index is 1090. The Labute approximate surface area is 187 Å². The van der Waals surface area contributed by atoms with Crippen LogP contribution in [0, 0.1) is 5.92 Å². The molecular formula is C26H27N3O3. The minimum absolute atomic E-state index is 0.0705. The van der Waals surface area contributed by atoms with Crippen LogP contribution in [0.5, 0.6) is 11.5 Å². The van der Waals surface area contributed by atoms with E-state index < -0.39 is 0 Å². The molecule has 1 fully saturated rings. The minimum Gasteiger partial charge on any atom is -0.497 e. The molecule has 0 spiro atoms. The number of fused-ring (bicyclic) bond motifs is 1. The fourth-order valence-corrected chi connectivity index (χ4v) is 4.59. The number of benzene rings is 2. The van der Waals surface area contributed by atoms with E-state index in [1.165, 1.54) is 0 Å². The molecule has 2 aromatic carbocycles. The van der Waals surface area contributed by atoms with Gasteiger partial charge in [-0.05, 0) is 48.2 Å². The molecule has 164 valence electrons. The maximum atomic E-state index is 12.5. The summed E-state index contributed by atoms with van der Waals surface area (Å²) in [7, 11) is 3.34. The largest absolute Gasteiger partial charge is 0.497 e. The van der Waals surface area contributed by atoms with E-state index in [9.17, 15) is 4.79 Å². The van der Waals surface area contributed by atoms with Gasteiger partial charge in [0, 0.05) is 29.0 Å². The van der Waals surface area contributed by atoms with Gasteiger partial charge < -0.3 is 14.8 Å². The molecule has 1 saturated carbocycles. The molecule has 6 nitrogen and oxygen atoms in total. The minimum atomic E-state index is -0.382. The molecule has 6 heteroatoms. The Morgan fingerprint density at radius 1 is 1.00 bits per heavy atom. The molecular weight excluding hydrogens is 402 g/mol. The van der Waals surface area contributed by atoms with Gasteiger partial charge in [-0.1, -0.05) is 42.8 Å². The van der Waals surface area contributed by atoms with Gasteiger partial charge in [-0.25, -0.2) is 0 Å². The van der Waals surface area contributed by atoms with Crippen molar-refractivity contribution in [3.63, 3.8) is 0 Å². The Morgan fingerprint density at radius 3 is 2.09 bits per heavy atom. The van der Waals surface area contributed by atoms with Crippen LogP contribution in [0.1, 0.15) is 41.6 Å². The van der Waals surface area contributed by atoms with Gasteiger partial charge in [0.25, 0.3) is 0 Å². The summed E-state index contributed by atoms with van der Waals surface area (Å²) in [5, 5.41) is 10.6. The molecule has 1 aromatic heterocycles. The first-order valence-electron chi connectivity index (χ1n) is 11.0. The summed E-state index contributed by atoms with van der Waals surface area (Å²) < 4.78 is 10.7. The van der Waals surface area contributed by atoms with Gasteiger partial charge in [-0.2, -0.15) is 5.10 Å². The number of carbonyl (C=O) groups excluding carboxylic acids is 1. The molecule has 0 saturated heterocycles. The van der Waals surface area contributed by atoms with Crippen molar-refractivity contribution in [2.24, 2.45) is 5.92 Å². The lowest BCUT2D eigenvalue weighted by Crippen LogP contribution is -2.31. The molecule has 2 aliphatic carbocycles. The molecule has 0 atom stereocenters. The second-order valence-electron chi connectivity index (χ2n) is 8.52. The third-order valence-corrected chi connectivity index (χ3v) is 6.80. The summed E-state index contributed by atoms with van der Waals surface area (Å²) in [4.78, 5) is 12.5. The number of rotatable bonds is 6. The Kier molecular flexibility index (Phi) is 5.21. The zero-order valence-corrected chi connectivity index (χ0v) is 18.4. The van der Waals surface area contributed by atoms with Gasteiger partial charge >= 0.3 is 0 Å². The second kappa shape index (κ2) is 8.19. The molecule has 0 bridgehead atoms. The first-order chi connectivity index (χ1) is 15.6. The number of hydrogen-bond donors (Lipinski definition) is 2. The van der Waals surface area contributed by atoms with E-state index in [1.54, 1.807) is 14.2 Å². The molecule has 2 N–H and O–H groups in total. The number of carbonyl (C=O) groups is 1. The number of anilines is 1. The van der Waals surface area contributed by atoms with Crippen molar-refractivity contribution in [2.75, 3.05) is 19.5 Å². The van der Waals surface area contributed by atoms with Crippen molar-refractivity contribution < 1.29 is 14.3 Å². The van der Waals surface area contributed by atoms with Crippen LogP contribution in [-0.2, 0) is 16.6 Å². The Balaban J connectivity index is 1.52. The highest BCUT2D eigenvalue weighted by atomic mass is 16.5. The molecule has 32 heavy (non-hydrogen) atoms. The number of hydrogen-bond acceptors (Lipinski definition) is 4. The highest BCUT2D eigenvalue weighted by molar-refractivity contribution is 5.94. The number of aromatic nitrogens is 2. The van der Waals surface area contributed by atoms with E-state index in [-0.39, 0.29) is 17.2 Å². The van der Waals surface area contributed by atoms with E-state index in [4.69, 9.17) is 9.47 Å². The molecule has 1 heterocycles. The number of ether oxygens (including phenoxy) is 2. The molecule has 0 unspecified atom stereocenters. The van der Waals surface area contributed by atoms with Crippen molar-refractivity contribution >= 4 is 17.8 Å². The third kappa shape index (κ3) is 3.45. The van der Waals surface area contributed by atoms with Crippen molar-refractivity contribution in [2.45, 2.75) is 31.1 Å². The lowest BCUT2D eigenvalue weighted by atomic mass is 9.68. The van der Waals surface area contributed by atoms with E-state index in [0.29, 0.717) is 12.2 Å². The SMILES string of the molecule is COc1ccc(C2(c3ccc(OC)cc3)C=Cc3c(NC(=O)C4CCC4)n[nH]c3C2)cc1. The number of allylic oxidation sites excluding steroid dienone is 1. The van der Waals surface area contributed by atoms with E-state index in [0.717, 1.165) is 53.1 Å². The van der Waals surface area contributed by atoms with Crippen LogP contribution in [0.3, 0.4) is 0 Å². The van der Waals surface area contributed by atoms with Crippen molar-refractivity contribution in [1.29, 1.82) is 0 Å². The summed E-state index contributed by atoms with van der Waals surface area (Å²) in [6.07, 6.45) is 8.05. The summed E-state index contributed by atoms with van der Waals surface area (Å²) in [5.74, 6) is 2.45. The maximum Gasteiger partial charge on any atom is 0.228 e. The lowest BCUT2D eigenvalue weighted by Gasteiger charge is -2.34. The standard InChI is InChI=1S/C26H27N3O3/c1-31-20-10-6-18(7-11-20)26(19-8-12-21(32-2)13-9-19)15-14-22-23(16-26)28-29-24(22)27-25(30)17-4-3-5-17/h6-15,17H,3-5,16H2,1-2H3,(H2,27,28,29,30). The van der Waals surface area contributed by atoms with E-state index in [1.807, 2.05) is 24.3 Å². The molecule has 0 radical (unpaired) electrons. The van der Waals surface area contributed by atoms with Gasteiger partial charge in [0.15, 0.2) is 5.82 Å². The molecule has 0 aliphatic heterocycles. The van der Waals surface area contributed by atoms with Gasteiger partial charge in [0.05, 0.1) is 14.2 Å². The first-order valence-corrected chi connectivity index (χ1v) is 11.0. The van der Waals surface area contributed by atoms with E-state index in [2.05, 4.69) is 51.9 Å². The number of aromatic amines is 1. The molecule has 3 aromatic rings. The van der Waals surface area contributed by atoms with Crippen LogP contribution in [-0.4, -0.2) is 30.3 Å². The summed E-state index contributed by atoms with van der Waals surface area (Å²) >= 11 is 0. The van der Waals surface area contributed by atoms with Crippen molar-refractivity contribution in [3.8, 4) is 11.5 Å². The molecule has 5 rings (SSSR count).